The van der Waals surface area contributed by atoms with Crippen molar-refractivity contribution >= 4 is 34.2 Å². The molecule has 1 unspecified atom stereocenters. The van der Waals surface area contributed by atoms with Gasteiger partial charge >= 0.3 is 5.97 Å². The van der Waals surface area contributed by atoms with Gasteiger partial charge in [-0.2, -0.15) is 0 Å². The molecule has 3 rings (SSSR count). The monoisotopic (exact) mass is 427 g/mol. The fourth-order valence-corrected chi connectivity index (χ4v) is 4.20. The van der Waals surface area contributed by atoms with E-state index in [-0.39, 0.29) is 12.0 Å². The van der Waals surface area contributed by atoms with Crippen LogP contribution in [0.25, 0.3) is 10.9 Å². The van der Waals surface area contributed by atoms with Gasteiger partial charge in [-0.15, -0.1) is 11.3 Å². The number of aryl methyl sites for hydroxylation is 2. The Balaban J connectivity index is 1.50. The molecule has 0 radical (unpaired) electrons. The van der Waals surface area contributed by atoms with Crippen molar-refractivity contribution < 1.29 is 9.53 Å². The number of aliphatic imine (C=N–C) groups is 1. The number of hydrogen-bond acceptors (Lipinski definition) is 5. The number of para-hydroxylation sites is 1. The number of carbonyl (C=O) groups excluding carboxylic acids is 1. The second-order valence-electron chi connectivity index (χ2n) is 6.97. The Kier molecular flexibility index (Phi) is 7.46. The molecule has 0 saturated carbocycles. The van der Waals surface area contributed by atoms with Crippen molar-refractivity contribution in [3.63, 3.8) is 0 Å². The first-order chi connectivity index (χ1) is 14.5. The lowest BCUT2D eigenvalue weighted by molar-refractivity contribution is 0.0531. The average Bonchev–Trinajstić information content (AvgIpc) is 3.34. The van der Waals surface area contributed by atoms with E-state index in [2.05, 4.69) is 61.7 Å². The molecule has 7 nitrogen and oxygen atoms in total. The Hall–Kier alpha value is -2.87. The van der Waals surface area contributed by atoms with E-state index in [1.165, 1.54) is 22.2 Å². The van der Waals surface area contributed by atoms with E-state index in [9.17, 15) is 4.79 Å². The zero-order chi connectivity index (χ0) is 21.5. The maximum atomic E-state index is 12.0. The molecule has 2 heterocycles. The second-order valence-corrected chi connectivity index (χ2v) is 8.00. The lowest BCUT2D eigenvalue weighted by atomic mass is 10.2. The standard InChI is InChI=1S/C22H29N5O2S/c1-5-29-21(28)19-15(2)25-20(30-19)16(3)26-22(23-4)24-12-8-13-27-14-11-17-9-6-7-10-18(17)27/h6-7,9-11,14,16H,5,8,12-13H2,1-4H3,(H2,23,24,26). The van der Waals surface area contributed by atoms with E-state index in [1.807, 2.05) is 13.8 Å². The fraction of sp³-hybridized carbons (Fsp3) is 0.409. The van der Waals surface area contributed by atoms with Crippen LogP contribution in [-0.4, -0.2) is 41.7 Å². The van der Waals surface area contributed by atoms with Crippen LogP contribution in [0.15, 0.2) is 41.5 Å². The summed E-state index contributed by atoms with van der Waals surface area (Å²) in [7, 11) is 1.75. The van der Waals surface area contributed by atoms with Crippen LogP contribution in [0.5, 0.6) is 0 Å². The van der Waals surface area contributed by atoms with Gasteiger partial charge in [-0.1, -0.05) is 18.2 Å². The van der Waals surface area contributed by atoms with Crippen LogP contribution in [0.1, 0.15) is 46.7 Å². The normalized spacial score (nSPS) is 12.7. The van der Waals surface area contributed by atoms with Crippen molar-refractivity contribution in [1.82, 2.24) is 20.2 Å². The number of rotatable bonds is 8. The molecule has 0 aliphatic heterocycles. The van der Waals surface area contributed by atoms with Crippen molar-refractivity contribution in [2.24, 2.45) is 4.99 Å². The van der Waals surface area contributed by atoms with E-state index >= 15 is 0 Å². The average molecular weight is 428 g/mol. The second kappa shape index (κ2) is 10.2. The third-order valence-corrected chi connectivity index (χ3v) is 6.09. The molecule has 0 bridgehead atoms. The molecule has 2 aromatic heterocycles. The van der Waals surface area contributed by atoms with E-state index in [4.69, 9.17) is 4.74 Å². The number of aromatic nitrogens is 2. The minimum atomic E-state index is -0.314. The minimum Gasteiger partial charge on any atom is -0.462 e. The van der Waals surface area contributed by atoms with Crippen LogP contribution in [0.4, 0.5) is 0 Å². The van der Waals surface area contributed by atoms with Gasteiger partial charge in [0.2, 0.25) is 0 Å². The predicted octanol–water partition coefficient (Wildman–Crippen LogP) is 3.90. The molecular weight excluding hydrogens is 398 g/mol. The predicted molar refractivity (Wildman–Crippen MR) is 122 cm³/mol. The highest BCUT2D eigenvalue weighted by Crippen LogP contribution is 2.24. The van der Waals surface area contributed by atoms with Crippen molar-refractivity contribution in [3.05, 3.63) is 52.1 Å². The lowest BCUT2D eigenvalue weighted by Crippen LogP contribution is -2.39. The summed E-state index contributed by atoms with van der Waals surface area (Å²) in [6.45, 7) is 7.72. The van der Waals surface area contributed by atoms with Gasteiger partial charge < -0.3 is 19.9 Å². The van der Waals surface area contributed by atoms with Crippen LogP contribution >= 0.6 is 11.3 Å². The first-order valence-corrected chi connectivity index (χ1v) is 11.0. The molecule has 0 fully saturated rings. The number of thiazole rings is 1. The number of ether oxygens (including phenoxy) is 1. The zero-order valence-electron chi connectivity index (χ0n) is 17.9. The van der Waals surface area contributed by atoms with Gasteiger partial charge in [0.1, 0.15) is 9.88 Å². The number of benzene rings is 1. The molecule has 0 saturated heterocycles. The highest BCUT2D eigenvalue weighted by atomic mass is 32.1. The van der Waals surface area contributed by atoms with E-state index in [0.29, 0.717) is 23.1 Å². The topological polar surface area (TPSA) is 80.5 Å². The fourth-order valence-electron chi connectivity index (χ4n) is 3.24. The zero-order valence-corrected chi connectivity index (χ0v) is 18.8. The van der Waals surface area contributed by atoms with Gasteiger partial charge in [-0.3, -0.25) is 4.99 Å². The lowest BCUT2D eigenvalue weighted by Gasteiger charge is -2.16. The Morgan fingerprint density at radius 1 is 1.33 bits per heavy atom. The van der Waals surface area contributed by atoms with Gasteiger partial charge in [-0.25, -0.2) is 9.78 Å². The molecule has 30 heavy (non-hydrogen) atoms. The number of nitrogens with one attached hydrogen (secondary N) is 2. The summed E-state index contributed by atoms with van der Waals surface area (Å²) < 4.78 is 7.37. The molecular formula is C22H29N5O2S. The number of guanidine groups is 1. The number of hydrogen-bond donors (Lipinski definition) is 2. The molecule has 8 heteroatoms. The Morgan fingerprint density at radius 3 is 2.90 bits per heavy atom. The minimum absolute atomic E-state index is 0.0727. The maximum Gasteiger partial charge on any atom is 0.350 e. The summed E-state index contributed by atoms with van der Waals surface area (Å²) in [6, 6.07) is 10.5. The highest BCUT2D eigenvalue weighted by molar-refractivity contribution is 7.13. The van der Waals surface area contributed by atoms with Crippen LogP contribution in [0.2, 0.25) is 0 Å². The van der Waals surface area contributed by atoms with Gasteiger partial charge in [-0.05, 0) is 44.7 Å². The third-order valence-electron chi connectivity index (χ3n) is 4.77. The summed E-state index contributed by atoms with van der Waals surface area (Å²) in [5.41, 5.74) is 1.95. The Morgan fingerprint density at radius 2 is 2.13 bits per heavy atom. The van der Waals surface area contributed by atoms with E-state index < -0.39 is 0 Å². The SMILES string of the molecule is CCOC(=O)c1sc(C(C)NC(=NC)NCCCn2ccc3ccccc32)nc1C. The molecule has 160 valence electrons. The molecule has 0 amide bonds. The molecule has 2 N–H and O–H groups in total. The molecule has 0 spiro atoms. The first kappa shape index (κ1) is 21.8. The number of carbonyl (C=O) groups is 1. The number of esters is 1. The van der Waals surface area contributed by atoms with Crippen molar-refractivity contribution in [3.8, 4) is 0 Å². The van der Waals surface area contributed by atoms with Crippen molar-refractivity contribution in [1.29, 1.82) is 0 Å². The summed E-state index contributed by atoms with van der Waals surface area (Å²) >= 11 is 1.36. The van der Waals surface area contributed by atoms with Gasteiger partial charge in [0.25, 0.3) is 0 Å². The Bertz CT molecular complexity index is 1020. The van der Waals surface area contributed by atoms with E-state index in [0.717, 1.165) is 24.5 Å². The van der Waals surface area contributed by atoms with Crippen molar-refractivity contribution in [2.75, 3.05) is 20.2 Å². The molecule has 0 aliphatic carbocycles. The van der Waals surface area contributed by atoms with Crippen molar-refractivity contribution in [2.45, 2.75) is 39.8 Å². The first-order valence-electron chi connectivity index (χ1n) is 10.2. The van der Waals surface area contributed by atoms with Crippen LogP contribution in [-0.2, 0) is 11.3 Å². The summed E-state index contributed by atoms with van der Waals surface area (Å²) in [6.07, 6.45) is 3.10. The quantitative estimate of drug-likeness (QED) is 0.247. The number of fused-ring (bicyclic) bond motifs is 1. The summed E-state index contributed by atoms with van der Waals surface area (Å²) in [5.74, 6) is 0.399. The smallest absolute Gasteiger partial charge is 0.350 e. The van der Waals surface area contributed by atoms with Gasteiger partial charge in [0, 0.05) is 31.9 Å². The van der Waals surface area contributed by atoms with Crippen LogP contribution in [0, 0.1) is 6.92 Å². The van der Waals surface area contributed by atoms with Crippen LogP contribution in [0.3, 0.4) is 0 Å². The molecule has 3 aromatic rings. The van der Waals surface area contributed by atoms with Gasteiger partial charge in [0.05, 0.1) is 18.3 Å². The summed E-state index contributed by atoms with van der Waals surface area (Å²) in [5, 5.41) is 8.79. The maximum absolute atomic E-state index is 12.0. The highest BCUT2D eigenvalue weighted by Gasteiger charge is 2.20. The molecule has 0 aliphatic rings. The molecule has 1 atom stereocenters. The van der Waals surface area contributed by atoms with E-state index in [1.54, 1.807) is 14.0 Å². The Labute approximate surface area is 181 Å². The van der Waals surface area contributed by atoms with Gasteiger partial charge in [0.15, 0.2) is 5.96 Å². The van der Waals surface area contributed by atoms with Crippen LogP contribution < -0.4 is 10.6 Å². The summed E-state index contributed by atoms with van der Waals surface area (Å²) in [4.78, 5) is 21.4. The molecule has 1 aromatic carbocycles. The third kappa shape index (κ3) is 5.18. The number of nitrogens with zero attached hydrogens (tertiary/aromatic N) is 3. The largest absolute Gasteiger partial charge is 0.462 e.